The number of rotatable bonds is 3. The first-order valence-electron chi connectivity index (χ1n) is 5.15. The van der Waals surface area contributed by atoms with Crippen molar-refractivity contribution in [2.24, 2.45) is 0 Å². The summed E-state index contributed by atoms with van der Waals surface area (Å²) in [4.78, 5) is 4.32. The maximum Gasteiger partial charge on any atom is 0.198 e. The molecule has 2 N–H and O–H groups in total. The fraction of sp³-hybridized carbons (Fsp3) is 0.700. The van der Waals surface area contributed by atoms with Crippen molar-refractivity contribution in [2.45, 2.75) is 25.3 Å². The van der Waals surface area contributed by atoms with Gasteiger partial charge in [-0.3, -0.25) is 0 Å². The Labute approximate surface area is 84.1 Å². The Morgan fingerprint density at radius 3 is 3.21 bits per heavy atom. The molecule has 0 amide bonds. The Balaban J connectivity index is 2.08. The quantitative estimate of drug-likeness (QED) is 0.756. The van der Waals surface area contributed by atoms with Gasteiger partial charge in [0.15, 0.2) is 5.89 Å². The number of nitrogens with one attached hydrogen (secondary N) is 2. The normalized spacial score (nSPS) is 24.0. The Kier molecular flexibility index (Phi) is 2.84. The lowest BCUT2D eigenvalue weighted by atomic mass is 10.1. The molecule has 0 spiro atoms. The zero-order valence-electron chi connectivity index (χ0n) is 8.71. The van der Waals surface area contributed by atoms with E-state index < -0.39 is 0 Å². The second kappa shape index (κ2) is 4.11. The molecule has 78 valence electrons. The molecule has 2 heterocycles. The third-order valence-electron chi connectivity index (χ3n) is 2.81. The van der Waals surface area contributed by atoms with Gasteiger partial charge in [0, 0.05) is 12.5 Å². The highest BCUT2D eigenvalue weighted by Gasteiger charge is 2.22. The van der Waals surface area contributed by atoms with Crippen molar-refractivity contribution in [3.8, 4) is 0 Å². The third-order valence-corrected chi connectivity index (χ3v) is 2.81. The molecule has 0 bridgehead atoms. The first kappa shape index (κ1) is 9.68. The summed E-state index contributed by atoms with van der Waals surface area (Å²) >= 11 is 0. The van der Waals surface area contributed by atoms with Gasteiger partial charge in [-0.15, -0.1) is 0 Å². The molecule has 4 nitrogen and oxygen atoms in total. The molecule has 1 saturated heterocycles. The standard InChI is InChI=1S/C10H17N3O/c1-7(11-2)9-6-13-10(14-9)8-3-4-12-5-8/h6-8,11-12H,3-5H2,1-2H3. The summed E-state index contributed by atoms with van der Waals surface area (Å²) in [5.74, 6) is 2.27. The number of aromatic nitrogens is 1. The summed E-state index contributed by atoms with van der Waals surface area (Å²) in [5, 5.41) is 6.44. The van der Waals surface area contributed by atoms with Crippen LogP contribution >= 0.6 is 0 Å². The van der Waals surface area contributed by atoms with E-state index in [0.29, 0.717) is 5.92 Å². The molecule has 0 saturated carbocycles. The molecular weight excluding hydrogens is 178 g/mol. The van der Waals surface area contributed by atoms with Gasteiger partial charge < -0.3 is 15.1 Å². The van der Waals surface area contributed by atoms with Gasteiger partial charge in [0.1, 0.15) is 5.76 Å². The lowest BCUT2D eigenvalue weighted by Crippen LogP contribution is -2.11. The van der Waals surface area contributed by atoms with Crippen molar-refractivity contribution in [3.63, 3.8) is 0 Å². The first-order valence-corrected chi connectivity index (χ1v) is 5.15. The summed E-state index contributed by atoms with van der Waals surface area (Å²) in [7, 11) is 1.92. The van der Waals surface area contributed by atoms with Gasteiger partial charge in [0.25, 0.3) is 0 Å². The largest absolute Gasteiger partial charge is 0.444 e. The predicted molar refractivity (Wildman–Crippen MR) is 54.2 cm³/mol. The summed E-state index contributed by atoms with van der Waals surface area (Å²) < 4.78 is 5.71. The summed E-state index contributed by atoms with van der Waals surface area (Å²) in [6.07, 6.45) is 2.96. The maximum absolute atomic E-state index is 5.71. The van der Waals surface area contributed by atoms with Crippen molar-refractivity contribution in [1.29, 1.82) is 0 Å². The highest BCUT2D eigenvalue weighted by molar-refractivity contribution is 5.04. The van der Waals surface area contributed by atoms with E-state index in [4.69, 9.17) is 4.42 Å². The highest BCUT2D eigenvalue weighted by atomic mass is 16.4. The Morgan fingerprint density at radius 1 is 1.71 bits per heavy atom. The summed E-state index contributed by atoms with van der Waals surface area (Å²) in [6.45, 7) is 4.13. The van der Waals surface area contributed by atoms with E-state index in [1.807, 2.05) is 13.2 Å². The lowest BCUT2D eigenvalue weighted by Gasteiger charge is -2.05. The minimum atomic E-state index is 0.241. The van der Waals surface area contributed by atoms with Gasteiger partial charge in [-0.1, -0.05) is 0 Å². The summed E-state index contributed by atoms with van der Waals surface area (Å²) in [5.41, 5.74) is 0. The van der Waals surface area contributed by atoms with Gasteiger partial charge in [-0.2, -0.15) is 0 Å². The van der Waals surface area contributed by atoms with E-state index in [0.717, 1.165) is 31.2 Å². The molecule has 1 aliphatic heterocycles. The highest BCUT2D eigenvalue weighted by Crippen LogP contribution is 2.23. The molecule has 2 rings (SSSR count). The van der Waals surface area contributed by atoms with Gasteiger partial charge in [-0.25, -0.2) is 4.98 Å². The smallest absolute Gasteiger partial charge is 0.198 e. The van der Waals surface area contributed by atoms with Crippen LogP contribution in [-0.2, 0) is 0 Å². The predicted octanol–water partition coefficient (Wildman–Crippen LogP) is 1.03. The Bertz CT molecular complexity index is 291. The summed E-state index contributed by atoms with van der Waals surface area (Å²) in [6, 6.07) is 0.241. The average molecular weight is 195 g/mol. The molecule has 4 heteroatoms. The second-order valence-electron chi connectivity index (χ2n) is 3.80. The third kappa shape index (κ3) is 1.81. The van der Waals surface area contributed by atoms with E-state index in [-0.39, 0.29) is 6.04 Å². The number of nitrogens with zero attached hydrogens (tertiary/aromatic N) is 1. The zero-order valence-corrected chi connectivity index (χ0v) is 8.71. The molecule has 1 aliphatic rings. The molecular formula is C10H17N3O. The average Bonchev–Trinajstić information content (AvgIpc) is 2.86. The Hall–Kier alpha value is -0.870. The van der Waals surface area contributed by atoms with Gasteiger partial charge >= 0.3 is 0 Å². The molecule has 1 fully saturated rings. The van der Waals surface area contributed by atoms with E-state index in [1.165, 1.54) is 0 Å². The zero-order chi connectivity index (χ0) is 9.97. The molecule has 2 atom stereocenters. The van der Waals surface area contributed by atoms with E-state index in [2.05, 4.69) is 22.5 Å². The molecule has 0 radical (unpaired) electrons. The molecule has 0 aliphatic carbocycles. The SMILES string of the molecule is CNC(C)c1cnc(C2CCNC2)o1. The topological polar surface area (TPSA) is 50.1 Å². The van der Waals surface area contributed by atoms with Crippen molar-refractivity contribution in [3.05, 3.63) is 17.8 Å². The van der Waals surface area contributed by atoms with Crippen molar-refractivity contribution < 1.29 is 4.42 Å². The van der Waals surface area contributed by atoms with Crippen molar-refractivity contribution >= 4 is 0 Å². The minimum absolute atomic E-state index is 0.241. The fourth-order valence-electron chi connectivity index (χ4n) is 1.70. The maximum atomic E-state index is 5.71. The molecule has 0 aromatic carbocycles. The first-order chi connectivity index (χ1) is 6.81. The van der Waals surface area contributed by atoms with Crippen LogP contribution in [0.25, 0.3) is 0 Å². The van der Waals surface area contributed by atoms with E-state index in [9.17, 15) is 0 Å². The number of hydrogen-bond acceptors (Lipinski definition) is 4. The van der Waals surface area contributed by atoms with Crippen LogP contribution in [0.2, 0.25) is 0 Å². The van der Waals surface area contributed by atoms with E-state index >= 15 is 0 Å². The van der Waals surface area contributed by atoms with Crippen LogP contribution in [0.3, 0.4) is 0 Å². The minimum Gasteiger partial charge on any atom is -0.444 e. The monoisotopic (exact) mass is 195 g/mol. The second-order valence-corrected chi connectivity index (χ2v) is 3.80. The van der Waals surface area contributed by atoms with Crippen molar-refractivity contribution in [1.82, 2.24) is 15.6 Å². The van der Waals surface area contributed by atoms with Crippen LogP contribution in [0.15, 0.2) is 10.6 Å². The van der Waals surface area contributed by atoms with Gasteiger partial charge in [-0.05, 0) is 26.9 Å². The lowest BCUT2D eigenvalue weighted by molar-refractivity contribution is 0.394. The molecule has 1 aromatic heterocycles. The van der Waals surface area contributed by atoms with Crippen LogP contribution in [0.1, 0.15) is 37.0 Å². The number of oxazole rings is 1. The fourth-order valence-corrected chi connectivity index (χ4v) is 1.70. The van der Waals surface area contributed by atoms with Crippen LogP contribution in [-0.4, -0.2) is 25.1 Å². The van der Waals surface area contributed by atoms with E-state index in [1.54, 1.807) is 0 Å². The van der Waals surface area contributed by atoms with Crippen LogP contribution in [0, 0.1) is 0 Å². The molecule has 2 unspecified atom stereocenters. The van der Waals surface area contributed by atoms with Gasteiger partial charge in [0.05, 0.1) is 12.2 Å². The van der Waals surface area contributed by atoms with Gasteiger partial charge in [0.2, 0.25) is 0 Å². The number of hydrogen-bond donors (Lipinski definition) is 2. The van der Waals surface area contributed by atoms with Crippen LogP contribution in [0.4, 0.5) is 0 Å². The van der Waals surface area contributed by atoms with Crippen molar-refractivity contribution in [2.75, 3.05) is 20.1 Å². The molecule has 1 aromatic rings. The molecule has 14 heavy (non-hydrogen) atoms. The van der Waals surface area contributed by atoms with Crippen LogP contribution < -0.4 is 10.6 Å². The van der Waals surface area contributed by atoms with Crippen LogP contribution in [0.5, 0.6) is 0 Å². The Morgan fingerprint density at radius 2 is 2.57 bits per heavy atom.